The molecule has 0 atom stereocenters. The number of nitrogens with one attached hydrogen (secondary N) is 3. The van der Waals surface area contributed by atoms with Crippen LogP contribution in [0.1, 0.15) is 86.6 Å². The summed E-state index contributed by atoms with van der Waals surface area (Å²) in [7, 11) is 0. The van der Waals surface area contributed by atoms with E-state index in [1.807, 2.05) is 26.1 Å². The maximum atomic E-state index is 12.7. The first kappa shape index (κ1) is 30.4. The molecule has 0 amide bonds. The van der Waals surface area contributed by atoms with Gasteiger partial charge in [0.1, 0.15) is 0 Å². The smallest absolute Gasteiger partial charge is 0.252 e. The molecule has 232 valence electrons. The normalized spacial score (nSPS) is 18.9. The van der Waals surface area contributed by atoms with Crippen molar-refractivity contribution in [3.63, 3.8) is 0 Å². The van der Waals surface area contributed by atoms with Gasteiger partial charge in [-0.25, -0.2) is 9.67 Å². The predicted octanol–water partition coefficient (Wildman–Crippen LogP) is 5.80. The molecule has 0 bridgehead atoms. The molecule has 0 spiro atoms. The first-order valence-corrected chi connectivity index (χ1v) is 16.0. The van der Waals surface area contributed by atoms with Crippen molar-refractivity contribution in [2.45, 2.75) is 97.6 Å². The molecule has 4 aromatic rings. The summed E-state index contributed by atoms with van der Waals surface area (Å²) in [5.41, 5.74) is 8.24. The van der Waals surface area contributed by atoms with Gasteiger partial charge in [-0.05, 0) is 95.2 Å². The fraction of sp³-hybridized carbons (Fsp3) is 0.472. The van der Waals surface area contributed by atoms with Crippen molar-refractivity contribution in [1.82, 2.24) is 35.3 Å². The molecule has 1 saturated heterocycles. The van der Waals surface area contributed by atoms with Crippen molar-refractivity contribution in [1.29, 1.82) is 0 Å². The van der Waals surface area contributed by atoms with E-state index in [0.717, 1.165) is 78.0 Å². The predicted molar refractivity (Wildman–Crippen MR) is 178 cm³/mol. The molecule has 0 aliphatic carbocycles. The third-order valence-corrected chi connectivity index (χ3v) is 9.07. The van der Waals surface area contributed by atoms with Crippen molar-refractivity contribution in [2.24, 2.45) is 0 Å². The van der Waals surface area contributed by atoms with Crippen LogP contribution >= 0.6 is 0 Å². The third-order valence-electron chi connectivity index (χ3n) is 9.07. The molecule has 3 N–H and O–H groups in total. The van der Waals surface area contributed by atoms with Gasteiger partial charge < -0.3 is 15.6 Å². The lowest BCUT2D eigenvalue weighted by Gasteiger charge is -2.41. The van der Waals surface area contributed by atoms with Crippen LogP contribution in [-0.4, -0.2) is 48.8 Å². The maximum Gasteiger partial charge on any atom is 0.252 e. The highest BCUT2D eigenvalue weighted by Crippen LogP contribution is 2.35. The van der Waals surface area contributed by atoms with Gasteiger partial charge in [-0.15, -0.1) is 0 Å². The van der Waals surface area contributed by atoms with Crippen LogP contribution in [0.5, 0.6) is 0 Å². The van der Waals surface area contributed by atoms with Crippen LogP contribution in [0.15, 0.2) is 59.5 Å². The number of fused-ring (bicyclic) bond motifs is 1. The largest absolute Gasteiger partial charge is 0.326 e. The second kappa shape index (κ2) is 12.1. The minimum atomic E-state index is -0.137. The number of piperidine rings is 1. The zero-order valence-electron chi connectivity index (χ0n) is 27.1. The molecule has 1 fully saturated rings. The number of pyridine rings is 2. The van der Waals surface area contributed by atoms with Crippen molar-refractivity contribution < 1.29 is 0 Å². The van der Waals surface area contributed by atoms with Crippen LogP contribution in [0.3, 0.4) is 0 Å². The fourth-order valence-electron chi connectivity index (χ4n) is 7.33. The number of aromatic amines is 1. The number of hydrogen-bond acceptors (Lipinski definition) is 6. The van der Waals surface area contributed by atoms with E-state index in [-0.39, 0.29) is 16.6 Å². The zero-order chi connectivity index (χ0) is 31.1. The van der Waals surface area contributed by atoms with E-state index in [2.05, 4.69) is 95.4 Å². The molecular weight excluding hydrogens is 546 g/mol. The summed E-state index contributed by atoms with van der Waals surface area (Å²) in [4.78, 5) is 23.5. The standard InChI is InChI=1S/C36H47N7O/c1-24-16-25(2)39-34(44)30(24)21-37-20-27-17-32(28-18-35(3,4)41-36(5,6)19-28)40-33-31(27)22-38-43(33)29-12-14-42(15-13-29)23-26-10-8-7-9-11-26/h7-11,16-18,22,29,37,41H,12-15,19-21,23H2,1-6H3,(H,39,44). The van der Waals surface area contributed by atoms with Gasteiger partial charge in [0, 0.05) is 60.4 Å². The van der Waals surface area contributed by atoms with Crippen LogP contribution in [0.25, 0.3) is 16.6 Å². The van der Waals surface area contributed by atoms with Gasteiger partial charge in [0.05, 0.1) is 17.9 Å². The average molecular weight is 594 g/mol. The Bertz CT molecular complexity index is 1720. The van der Waals surface area contributed by atoms with Gasteiger partial charge in [-0.2, -0.15) is 5.10 Å². The lowest BCUT2D eigenvalue weighted by molar-refractivity contribution is 0.175. The average Bonchev–Trinajstić information content (AvgIpc) is 3.38. The summed E-state index contributed by atoms with van der Waals surface area (Å²) in [5, 5.41) is 13.4. The Morgan fingerprint density at radius 1 is 1.02 bits per heavy atom. The number of H-pyrrole nitrogens is 1. The van der Waals surface area contributed by atoms with Gasteiger partial charge in [-0.3, -0.25) is 9.69 Å². The molecule has 6 rings (SSSR count). The van der Waals surface area contributed by atoms with Gasteiger partial charge in [-0.1, -0.05) is 36.4 Å². The molecule has 2 aliphatic rings. The second-order valence-electron chi connectivity index (χ2n) is 14.1. The van der Waals surface area contributed by atoms with Crippen LogP contribution in [0.2, 0.25) is 0 Å². The molecule has 1 aromatic carbocycles. The first-order valence-electron chi connectivity index (χ1n) is 16.0. The van der Waals surface area contributed by atoms with Crippen molar-refractivity contribution in [3.05, 3.63) is 98.7 Å². The van der Waals surface area contributed by atoms with Crippen molar-refractivity contribution >= 4 is 16.6 Å². The molecule has 0 radical (unpaired) electrons. The van der Waals surface area contributed by atoms with E-state index in [1.54, 1.807) is 0 Å². The van der Waals surface area contributed by atoms with Gasteiger partial charge in [0.2, 0.25) is 0 Å². The van der Waals surface area contributed by atoms with Crippen molar-refractivity contribution in [3.8, 4) is 0 Å². The SMILES string of the molecule is Cc1cc(C)c(CNCc2cc(C3=CC(C)(C)NC(C)(C)C3)nc3c2cnn3C2CCN(Cc3ccccc3)CC2)c(=O)[nH]1. The number of hydrogen-bond donors (Lipinski definition) is 3. The van der Waals surface area contributed by atoms with E-state index < -0.39 is 0 Å². The van der Waals surface area contributed by atoms with E-state index in [1.165, 1.54) is 11.1 Å². The highest BCUT2D eigenvalue weighted by atomic mass is 16.1. The Hall–Kier alpha value is -3.59. The van der Waals surface area contributed by atoms with E-state index in [0.29, 0.717) is 19.1 Å². The Balaban J connectivity index is 1.30. The molecule has 3 aromatic heterocycles. The second-order valence-corrected chi connectivity index (χ2v) is 14.1. The summed E-state index contributed by atoms with van der Waals surface area (Å²) < 4.78 is 2.19. The van der Waals surface area contributed by atoms with Gasteiger partial charge >= 0.3 is 0 Å². The Morgan fingerprint density at radius 3 is 2.48 bits per heavy atom. The number of likely N-dealkylation sites (tertiary alicyclic amines) is 1. The van der Waals surface area contributed by atoms with Crippen LogP contribution in [0.4, 0.5) is 0 Å². The lowest BCUT2D eigenvalue weighted by atomic mass is 9.82. The highest BCUT2D eigenvalue weighted by Gasteiger charge is 2.33. The number of aryl methyl sites for hydroxylation is 2. The topological polar surface area (TPSA) is 90.9 Å². The Labute approximate surface area is 261 Å². The summed E-state index contributed by atoms with van der Waals surface area (Å²) in [6.07, 6.45) is 7.32. The number of benzene rings is 1. The van der Waals surface area contributed by atoms with E-state index >= 15 is 0 Å². The molecule has 44 heavy (non-hydrogen) atoms. The highest BCUT2D eigenvalue weighted by molar-refractivity contribution is 5.82. The minimum Gasteiger partial charge on any atom is -0.326 e. The minimum absolute atomic E-state index is 0.0219. The van der Waals surface area contributed by atoms with Gasteiger partial charge in [0.15, 0.2) is 5.65 Å². The monoisotopic (exact) mass is 593 g/mol. The quantitative estimate of drug-likeness (QED) is 0.239. The number of nitrogens with zero attached hydrogens (tertiary/aromatic N) is 4. The number of rotatable bonds is 8. The summed E-state index contributed by atoms with van der Waals surface area (Å²) in [5.74, 6) is 0. The molecule has 0 unspecified atom stereocenters. The maximum absolute atomic E-state index is 12.7. The molecule has 8 nitrogen and oxygen atoms in total. The Kier molecular flexibility index (Phi) is 8.35. The summed E-state index contributed by atoms with van der Waals surface area (Å²) in [6.45, 7) is 17.1. The van der Waals surface area contributed by atoms with E-state index in [9.17, 15) is 4.79 Å². The lowest BCUT2D eigenvalue weighted by Crippen LogP contribution is -2.53. The zero-order valence-corrected chi connectivity index (χ0v) is 27.1. The fourth-order valence-corrected chi connectivity index (χ4v) is 7.33. The molecule has 8 heteroatoms. The summed E-state index contributed by atoms with van der Waals surface area (Å²) in [6, 6.07) is 15.3. The first-order chi connectivity index (χ1) is 21.0. The van der Waals surface area contributed by atoms with Crippen LogP contribution in [0, 0.1) is 13.8 Å². The molecular formula is C36H47N7O. The molecule has 5 heterocycles. The molecule has 2 aliphatic heterocycles. The Morgan fingerprint density at radius 2 is 1.77 bits per heavy atom. The molecule has 0 saturated carbocycles. The number of aromatic nitrogens is 4. The third kappa shape index (κ3) is 6.72. The van der Waals surface area contributed by atoms with Crippen LogP contribution in [-0.2, 0) is 19.6 Å². The van der Waals surface area contributed by atoms with E-state index in [4.69, 9.17) is 10.1 Å². The van der Waals surface area contributed by atoms with Crippen LogP contribution < -0.4 is 16.2 Å². The summed E-state index contributed by atoms with van der Waals surface area (Å²) >= 11 is 0. The van der Waals surface area contributed by atoms with Crippen molar-refractivity contribution in [2.75, 3.05) is 13.1 Å². The van der Waals surface area contributed by atoms with Gasteiger partial charge in [0.25, 0.3) is 5.56 Å².